The van der Waals surface area contributed by atoms with Crippen molar-refractivity contribution in [1.82, 2.24) is 9.62 Å². The Bertz CT molecular complexity index is 1180. The number of carbonyl (C=O) groups is 2. The molecule has 1 N–H and O–H groups in total. The molecular weight excluding hydrogens is 454 g/mol. The fourth-order valence-electron chi connectivity index (χ4n) is 4.85. The Kier molecular flexibility index (Phi) is 6.95. The lowest BCUT2D eigenvalue weighted by atomic mass is 9.99. The van der Waals surface area contributed by atoms with Crippen molar-refractivity contribution in [2.75, 3.05) is 25.1 Å². The number of carbonyl (C=O) groups excluding carboxylic acids is 2. The highest BCUT2D eigenvalue weighted by molar-refractivity contribution is 7.89. The van der Waals surface area contributed by atoms with Crippen molar-refractivity contribution < 1.29 is 22.7 Å². The number of amides is 2. The molecule has 0 saturated carbocycles. The first-order valence-electron chi connectivity index (χ1n) is 11.5. The Morgan fingerprint density at radius 2 is 1.88 bits per heavy atom. The van der Waals surface area contributed by atoms with E-state index in [0.717, 1.165) is 22.6 Å². The van der Waals surface area contributed by atoms with E-state index in [2.05, 4.69) is 5.32 Å². The Hall–Kier alpha value is -2.91. The minimum atomic E-state index is -3.74. The second-order valence-corrected chi connectivity index (χ2v) is 10.9. The molecule has 1 saturated heterocycles. The van der Waals surface area contributed by atoms with Crippen molar-refractivity contribution in [1.29, 1.82) is 0 Å². The van der Waals surface area contributed by atoms with E-state index in [1.807, 2.05) is 31.2 Å². The lowest BCUT2D eigenvalue weighted by Gasteiger charge is -2.31. The third kappa shape index (κ3) is 4.81. The lowest BCUT2D eigenvalue weighted by molar-refractivity contribution is -0.126. The topological polar surface area (TPSA) is 96.0 Å². The van der Waals surface area contributed by atoms with Crippen molar-refractivity contribution in [3.8, 4) is 5.75 Å². The van der Waals surface area contributed by atoms with Crippen LogP contribution in [-0.2, 0) is 32.6 Å². The second-order valence-electron chi connectivity index (χ2n) is 9.00. The molecule has 0 spiro atoms. The molecule has 4 rings (SSSR count). The maximum atomic E-state index is 13.4. The van der Waals surface area contributed by atoms with Crippen molar-refractivity contribution in [3.05, 3.63) is 53.6 Å². The third-order valence-corrected chi connectivity index (χ3v) is 8.49. The van der Waals surface area contributed by atoms with Gasteiger partial charge in [-0.15, -0.1) is 0 Å². The van der Waals surface area contributed by atoms with Crippen LogP contribution in [0.15, 0.2) is 47.4 Å². The predicted molar refractivity (Wildman–Crippen MR) is 129 cm³/mol. The van der Waals surface area contributed by atoms with Crippen LogP contribution in [0.4, 0.5) is 5.69 Å². The van der Waals surface area contributed by atoms with Crippen LogP contribution in [0.2, 0.25) is 0 Å². The number of piperidine rings is 1. The summed E-state index contributed by atoms with van der Waals surface area (Å²) >= 11 is 0. The van der Waals surface area contributed by atoms with Gasteiger partial charge in [0, 0.05) is 38.3 Å². The summed E-state index contributed by atoms with van der Waals surface area (Å²) in [5, 5.41) is 2.93. The Balaban J connectivity index is 1.43. The van der Waals surface area contributed by atoms with Gasteiger partial charge in [0.25, 0.3) is 0 Å². The molecule has 2 amide bonds. The molecule has 8 nitrogen and oxygen atoms in total. The van der Waals surface area contributed by atoms with Crippen LogP contribution in [0.3, 0.4) is 0 Å². The number of nitrogens with one attached hydrogen (secondary N) is 1. The van der Waals surface area contributed by atoms with E-state index in [4.69, 9.17) is 4.74 Å². The fourth-order valence-corrected chi connectivity index (χ4v) is 6.42. The number of sulfonamides is 1. The van der Waals surface area contributed by atoms with E-state index in [1.165, 1.54) is 11.2 Å². The SMILES string of the molecule is COc1ccc(CNC(=O)[C@@H]2CCCN(S(=O)(=O)c3ccc4c(c3)C[C@H](C)N4C(C)=O)C2)cc1. The van der Waals surface area contributed by atoms with Crippen LogP contribution < -0.4 is 15.0 Å². The zero-order valence-electron chi connectivity index (χ0n) is 19.8. The van der Waals surface area contributed by atoms with Crippen molar-refractivity contribution in [2.24, 2.45) is 5.92 Å². The van der Waals surface area contributed by atoms with Crippen molar-refractivity contribution >= 4 is 27.5 Å². The summed E-state index contributed by atoms with van der Waals surface area (Å²) in [7, 11) is -2.14. The molecule has 2 atom stereocenters. The van der Waals surface area contributed by atoms with Crippen LogP contribution in [0.25, 0.3) is 0 Å². The van der Waals surface area contributed by atoms with Gasteiger partial charge in [0.15, 0.2) is 0 Å². The normalized spacial score (nSPS) is 20.6. The lowest BCUT2D eigenvalue weighted by Crippen LogP contribution is -2.45. The van der Waals surface area contributed by atoms with E-state index in [0.29, 0.717) is 32.4 Å². The second kappa shape index (κ2) is 9.76. The number of anilines is 1. The van der Waals surface area contributed by atoms with Gasteiger partial charge in [-0.2, -0.15) is 4.31 Å². The molecule has 2 aromatic rings. The first-order valence-corrected chi connectivity index (χ1v) is 13.0. The molecule has 1 fully saturated rings. The van der Waals surface area contributed by atoms with Gasteiger partial charge >= 0.3 is 0 Å². The molecule has 0 aromatic heterocycles. The highest BCUT2D eigenvalue weighted by Gasteiger charge is 2.35. The number of methoxy groups -OCH3 is 1. The van der Waals surface area contributed by atoms with Crippen LogP contribution in [-0.4, -0.2) is 50.8 Å². The monoisotopic (exact) mass is 485 g/mol. The molecule has 9 heteroatoms. The number of nitrogens with zero attached hydrogens (tertiary/aromatic N) is 2. The zero-order chi connectivity index (χ0) is 24.5. The smallest absolute Gasteiger partial charge is 0.243 e. The number of fused-ring (bicyclic) bond motifs is 1. The standard InChI is InChI=1S/C25H31N3O5S/c1-17-13-21-14-23(10-11-24(21)28(17)18(2)29)34(31,32)27-12-4-5-20(16-27)25(30)26-15-19-6-8-22(33-3)9-7-19/h6-11,14,17,20H,4-5,12-13,15-16H2,1-3H3,(H,26,30)/t17-,20+/m0/s1. The molecule has 182 valence electrons. The van der Waals surface area contributed by atoms with E-state index < -0.39 is 15.9 Å². The predicted octanol–water partition coefficient (Wildman–Crippen LogP) is 2.71. The number of hydrogen-bond acceptors (Lipinski definition) is 5. The summed E-state index contributed by atoms with van der Waals surface area (Å²) in [6.45, 7) is 4.39. The summed E-state index contributed by atoms with van der Waals surface area (Å²) in [6.07, 6.45) is 1.89. The number of benzene rings is 2. The quantitative estimate of drug-likeness (QED) is 0.679. The van der Waals surface area contributed by atoms with E-state index in [-0.39, 0.29) is 29.3 Å². The summed E-state index contributed by atoms with van der Waals surface area (Å²) in [5.74, 6) is 0.152. The van der Waals surface area contributed by atoms with Crippen LogP contribution >= 0.6 is 0 Å². The van der Waals surface area contributed by atoms with Gasteiger partial charge in [-0.25, -0.2) is 8.42 Å². The summed E-state index contributed by atoms with van der Waals surface area (Å²) < 4.78 is 33.3. The molecule has 34 heavy (non-hydrogen) atoms. The summed E-state index contributed by atoms with van der Waals surface area (Å²) in [6, 6.07) is 12.4. The third-order valence-electron chi connectivity index (χ3n) is 6.62. The summed E-state index contributed by atoms with van der Waals surface area (Å²) in [4.78, 5) is 26.7. The largest absolute Gasteiger partial charge is 0.497 e. The van der Waals surface area contributed by atoms with Gasteiger partial charge in [0.1, 0.15) is 5.75 Å². The van der Waals surface area contributed by atoms with Gasteiger partial charge < -0.3 is 15.0 Å². The maximum absolute atomic E-state index is 13.4. The molecule has 2 heterocycles. The first-order chi connectivity index (χ1) is 16.2. The van der Waals surface area contributed by atoms with Crippen molar-refractivity contribution in [3.63, 3.8) is 0 Å². The molecular formula is C25H31N3O5S. The fraction of sp³-hybridized carbons (Fsp3) is 0.440. The molecule has 0 unspecified atom stereocenters. The van der Waals surface area contributed by atoms with Crippen LogP contribution in [0.5, 0.6) is 5.75 Å². The molecule has 0 bridgehead atoms. The van der Waals surface area contributed by atoms with Crippen molar-refractivity contribution in [2.45, 2.75) is 50.6 Å². The van der Waals surface area contributed by atoms with Gasteiger partial charge in [-0.1, -0.05) is 12.1 Å². The Morgan fingerprint density at radius 3 is 2.56 bits per heavy atom. The Morgan fingerprint density at radius 1 is 1.15 bits per heavy atom. The molecule has 2 aliphatic rings. The molecule has 2 aliphatic heterocycles. The van der Waals surface area contributed by atoms with Gasteiger partial charge in [-0.05, 0) is 67.6 Å². The highest BCUT2D eigenvalue weighted by atomic mass is 32.2. The van der Waals surface area contributed by atoms with Gasteiger partial charge in [0.05, 0.1) is 17.9 Å². The van der Waals surface area contributed by atoms with E-state index >= 15 is 0 Å². The number of rotatable bonds is 6. The van der Waals surface area contributed by atoms with Crippen LogP contribution in [0.1, 0.15) is 37.8 Å². The highest BCUT2D eigenvalue weighted by Crippen LogP contribution is 2.35. The van der Waals surface area contributed by atoms with Crippen LogP contribution in [0, 0.1) is 5.92 Å². The van der Waals surface area contributed by atoms with E-state index in [1.54, 1.807) is 30.2 Å². The zero-order valence-corrected chi connectivity index (χ0v) is 20.6. The minimum Gasteiger partial charge on any atom is -0.497 e. The molecule has 0 aliphatic carbocycles. The average Bonchev–Trinajstić information content (AvgIpc) is 3.18. The van der Waals surface area contributed by atoms with Gasteiger partial charge in [0.2, 0.25) is 21.8 Å². The molecule has 2 aromatic carbocycles. The number of hydrogen-bond donors (Lipinski definition) is 1. The average molecular weight is 486 g/mol. The minimum absolute atomic E-state index is 0.000723. The van der Waals surface area contributed by atoms with E-state index in [9.17, 15) is 18.0 Å². The molecule has 0 radical (unpaired) electrons. The maximum Gasteiger partial charge on any atom is 0.243 e. The number of ether oxygens (including phenoxy) is 1. The first kappa shape index (κ1) is 24.2. The van der Waals surface area contributed by atoms with Gasteiger partial charge in [-0.3, -0.25) is 9.59 Å². The Labute approximate surface area is 200 Å². The summed E-state index contributed by atoms with van der Waals surface area (Å²) in [5.41, 5.74) is 2.57.